The molecule has 0 N–H and O–H groups in total. The van der Waals surface area contributed by atoms with E-state index in [9.17, 15) is 4.79 Å². The van der Waals surface area contributed by atoms with Crippen LogP contribution in [0.5, 0.6) is 5.75 Å². The summed E-state index contributed by atoms with van der Waals surface area (Å²) >= 11 is 13.3. The molecule has 0 bridgehead atoms. The Morgan fingerprint density at radius 3 is 2.77 bits per heavy atom. The van der Waals surface area contributed by atoms with Crippen LogP contribution in [0.4, 0.5) is 5.13 Å². The first-order valence-corrected chi connectivity index (χ1v) is 9.67. The zero-order chi connectivity index (χ0) is 18.8. The molecule has 26 heavy (non-hydrogen) atoms. The van der Waals surface area contributed by atoms with Crippen molar-refractivity contribution in [2.45, 2.75) is 26.4 Å². The summed E-state index contributed by atoms with van der Waals surface area (Å²) in [4.78, 5) is 19.1. The number of hydrogen-bond donors (Lipinski definition) is 0. The van der Waals surface area contributed by atoms with Crippen molar-refractivity contribution in [3.05, 3.63) is 50.4 Å². The average molecular weight is 413 g/mol. The molecule has 1 unspecified atom stereocenters. The highest BCUT2D eigenvalue weighted by Crippen LogP contribution is 2.27. The van der Waals surface area contributed by atoms with Gasteiger partial charge in [-0.05, 0) is 25.5 Å². The van der Waals surface area contributed by atoms with Crippen molar-refractivity contribution < 1.29 is 4.74 Å². The Hall–Kier alpha value is -1.83. The van der Waals surface area contributed by atoms with Crippen LogP contribution in [-0.2, 0) is 6.42 Å². The number of anilines is 1. The second-order valence-electron chi connectivity index (χ2n) is 5.90. The number of halogens is 2. The summed E-state index contributed by atoms with van der Waals surface area (Å²) in [5.74, 6) is 0.648. The molecule has 0 aliphatic rings. The van der Waals surface area contributed by atoms with Crippen LogP contribution in [0.2, 0.25) is 10.0 Å². The summed E-state index contributed by atoms with van der Waals surface area (Å²) in [5.41, 5.74) is 0.604. The Balaban J connectivity index is 1.73. The highest BCUT2D eigenvalue weighted by molar-refractivity contribution is 7.20. The lowest BCUT2D eigenvalue weighted by Gasteiger charge is -2.21. The average Bonchev–Trinajstić information content (AvgIpc) is 3.03. The molecule has 2 heterocycles. The summed E-state index contributed by atoms with van der Waals surface area (Å²) < 4.78 is 7.22. The molecule has 3 rings (SSSR count). The Morgan fingerprint density at radius 2 is 2.08 bits per heavy atom. The van der Waals surface area contributed by atoms with E-state index in [1.165, 1.54) is 21.9 Å². The summed E-state index contributed by atoms with van der Waals surface area (Å²) in [6.45, 7) is 4.50. The van der Waals surface area contributed by atoms with Gasteiger partial charge in [-0.1, -0.05) is 41.5 Å². The van der Waals surface area contributed by atoms with Crippen LogP contribution in [0.25, 0.3) is 4.96 Å². The summed E-state index contributed by atoms with van der Waals surface area (Å²) in [7, 11) is 1.90. The van der Waals surface area contributed by atoms with Crippen LogP contribution in [-0.4, -0.2) is 34.3 Å². The Labute approximate surface area is 164 Å². The van der Waals surface area contributed by atoms with Gasteiger partial charge in [0.15, 0.2) is 0 Å². The molecule has 0 radical (unpaired) electrons. The lowest BCUT2D eigenvalue weighted by atomic mass is 10.3. The van der Waals surface area contributed by atoms with Gasteiger partial charge in [0.2, 0.25) is 10.1 Å². The predicted molar refractivity (Wildman–Crippen MR) is 106 cm³/mol. The van der Waals surface area contributed by atoms with Gasteiger partial charge in [-0.2, -0.15) is 4.52 Å². The van der Waals surface area contributed by atoms with Gasteiger partial charge in [0.05, 0.1) is 16.6 Å². The van der Waals surface area contributed by atoms with Crippen LogP contribution in [0, 0.1) is 0 Å². The largest absolute Gasteiger partial charge is 0.489 e. The van der Waals surface area contributed by atoms with E-state index in [0.29, 0.717) is 38.9 Å². The van der Waals surface area contributed by atoms with Crippen LogP contribution in [0.1, 0.15) is 19.5 Å². The minimum absolute atomic E-state index is 0.125. The van der Waals surface area contributed by atoms with Crippen molar-refractivity contribution in [3.8, 4) is 5.75 Å². The fourth-order valence-corrected chi connectivity index (χ4v) is 3.65. The van der Waals surface area contributed by atoms with Crippen molar-refractivity contribution in [1.82, 2.24) is 14.6 Å². The normalized spacial score (nSPS) is 12.3. The topological polar surface area (TPSA) is 59.7 Å². The Bertz CT molecular complexity index is 989. The van der Waals surface area contributed by atoms with Crippen LogP contribution >= 0.6 is 34.5 Å². The standard InChI is InChI=1S/C17H18Cl2N4O2S/c1-4-11-7-15(24)23-16(20-11)26-17(21-23)22(3)9-10(2)25-12-5-6-13(18)14(19)8-12/h5-8,10H,4,9H2,1-3H3. The molecular weight excluding hydrogens is 395 g/mol. The number of aromatic nitrogens is 3. The van der Waals surface area contributed by atoms with Crippen molar-refractivity contribution in [3.63, 3.8) is 0 Å². The van der Waals surface area contributed by atoms with Crippen molar-refractivity contribution in [1.29, 1.82) is 0 Å². The van der Waals surface area contributed by atoms with Crippen molar-refractivity contribution in [2.24, 2.45) is 0 Å². The molecule has 9 heteroatoms. The maximum absolute atomic E-state index is 12.1. The maximum Gasteiger partial charge on any atom is 0.275 e. The number of aryl methyl sites for hydroxylation is 1. The highest BCUT2D eigenvalue weighted by Gasteiger charge is 2.15. The number of nitrogens with zero attached hydrogens (tertiary/aromatic N) is 4. The Morgan fingerprint density at radius 1 is 1.31 bits per heavy atom. The number of ether oxygens (including phenoxy) is 1. The number of rotatable bonds is 6. The molecule has 0 amide bonds. The molecule has 1 aromatic carbocycles. The van der Waals surface area contributed by atoms with E-state index < -0.39 is 0 Å². The summed E-state index contributed by atoms with van der Waals surface area (Å²) in [6.07, 6.45) is 0.587. The third-order valence-electron chi connectivity index (χ3n) is 3.74. The monoisotopic (exact) mass is 412 g/mol. The first-order valence-electron chi connectivity index (χ1n) is 8.10. The molecule has 3 aromatic rings. The summed E-state index contributed by atoms with van der Waals surface area (Å²) in [6, 6.07) is 6.69. The molecule has 2 aromatic heterocycles. The second-order valence-corrected chi connectivity index (χ2v) is 7.65. The smallest absolute Gasteiger partial charge is 0.275 e. The van der Waals surface area contributed by atoms with Crippen LogP contribution in [0.3, 0.4) is 0 Å². The van der Waals surface area contributed by atoms with Crippen molar-refractivity contribution in [2.75, 3.05) is 18.5 Å². The first-order chi connectivity index (χ1) is 12.4. The fourth-order valence-electron chi connectivity index (χ4n) is 2.47. The molecule has 0 saturated carbocycles. The van der Waals surface area contributed by atoms with Crippen LogP contribution in [0.15, 0.2) is 29.1 Å². The maximum atomic E-state index is 12.1. The molecule has 138 valence electrons. The lowest BCUT2D eigenvalue weighted by Crippen LogP contribution is -2.31. The van der Waals surface area contributed by atoms with Crippen molar-refractivity contribution >= 4 is 44.6 Å². The lowest BCUT2D eigenvalue weighted by molar-refractivity contribution is 0.228. The molecule has 1 atom stereocenters. The van der Waals surface area contributed by atoms with E-state index in [-0.39, 0.29) is 11.7 Å². The number of likely N-dealkylation sites (N-methyl/N-ethyl adjacent to an activating group) is 1. The van der Waals surface area contributed by atoms with E-state index in [2.05, 4.69) is 10.1 Å². The number of benzene rings is 1. The second kappa shape index (κ2) is 7.82. The first kappa shape index (κ1) is 18.9. The molecule has 6 nitrogen and oxygen atoms in total. The van der Waals surface area contributed by atoms with Gasteiger partial charge >= 0.3 is 0 Å². The minimum atomic E-state index is -0.164. The van der Waals surface area contributed by atoms with Gasteiger partial charge in [-0.15, -0.1) is 5.10 Å². The van der Waals surface area contributed by atoms with Crippen LogP contribution < -0.4 is 15.2 Å². The van der Waals surface area contributed by atoms with E-state index in [1.807, 2.05) is 25.8 Å². The van der Waals surface area contributed by atoms with Gasteiger partial charge in [0, 0.05) is 24.9 Å². The fraction of sp³-hybridized carbons (Fsp3) is 0.353. The Kier molecular flexibility index (Phi) is 5.70. The molecule has 0 spiro atoms. The summed E-state index contributed by atoms with van der Waals surface area (Å²) in [5, 5.41) is 6.01. The molecule has 0 saturated heterocycles. The van der Waals surface area contributed by atoms with Gasteiger partial charge in [0.1, 0.15) is 11.9 Å². The van der Waals surface area contributed by atoms with E-state index >= 15 is 0 Å². The molecular formula is C17H18Cl2N4O2S. The third kappa shape index (κ3) is 4.11. The van der Waals surface area contributed by atoms with E-state index in [4.69, 9.17) is 27.9 Å². The zero-order valence-electron chi connectivity index (χ0n) is 14.6. The predicted octanol–water partition coefficient (Wildman–Crippen LogP) is 3.92. The van der Waals surface area contributed by atoms with E-state index in [1.54, 1.807) is 18.2 Å². The highest BCUT2D eigenvalue weighted by atomic mass is 35.5. The molecule has 0 aliphatic heterocycles. The molecule has 0 fully saturated rings. The third-order valence-corrected chi connectivity index (χ3v) is 5.50. The van der Waals surface area contributed by atoms with Gasteiger partial charge in [0.25, 0.3) is 5.56 Å². The zero-order valence-corrected chi connectivity index (χ0v) is 16.9. The minimum Gasteiger partial charge on any atom is -0.489 e. The molecule has 0 aliphatic carbocycles. The van der Waals surface area contributed by atoms with Gasteiger partial charge in [-0.3, -0.25) is 4.79 Å². The van der Waals surface area contributed by atoms with Gasteiger partial charge in [-0.25, -0.2) is 4.98 Å². The number of hydrogen-bond acceptors (Lipinski definition) is 6. The SMILES string of the molecule is CCc1cc(=O)n2nc(N(C)CC(C)Oc3ccc(Cl)c(Cl)c3)sc2n1. The quantitative estimate of drug-likeness (QED) is 0.613. The number of fused-ring (bicyclic) bond motifs is 1. The van der Waals surface area contributed by atoms with Gasteiger partial charge < -0.3 is 9.64 Å². The van der Waals surface area contributed by atoms with E-state index in [0.717, 1.165) is 5.69 Å².